The first-order valence-electron chi connectivity index (χ1n) is 5.62. The van der Waals surface area contributed by atoms with Crippen molar-refractivity contribution in [3.05, 3.63) is 52.9 Å². The van der Waals surface area contributed by atoms with Crippen LogP contribution in [-0.2, 0) is 13.0 Å². The van der Waals surface area contributed by atoms with Crippen molar-refractivity contribution in [3.63, 3.8) is 0 Å². The summed E-state index contributed by atoms with van der Waals surface area (Å²) in [5.41, 5.74) is 2.95. The van der Waals surface area contributed by atoms with Gasteiger partial charge >= 0.3 is 0 Å². The van der Waals surface area contributed by atoms with Crippen LogP contribution in [0.2, 0.25) is 0 Å². The minimum atomic E-state index is -0.203. The van der Waals surface area contributed by atoms with E-state index >= 15 is 0 Å². The average molecular weight is 233 g/mol. The number of nitrogens with zero attached hydrogens (tertiary/aromatic N) is 1. The monoisotopic (exact) mass is 233 g/mol. The van der Waals surface area contributed by atoms with Gasteiger partial charge in [-0.05, 0) is 31.7 Å². The van der Waals surface area contributed by atoms with Crippen LogP contribution in [0.4, 0.5) is 4.39 Å². The molecule has 17 heavy (non-hydrogen) atoms. The molecule has 0 saturated carbocycles. The highest BCUT2D eigenvalue weighted by molar-refractivity contribution is 5.25. The van der Waals surface area contributed by atoms with Crippen molar-refractivity contribution in [1.82, 2.24) is 15.3 Å². The highest BCUT2D eigenvalue weighted by Gasteiger charge is 2.07. The number of aryl methyl sites for hydroxylation is 1. The summed E-state index contributed by atoms with van der Waals surface area (Å²) in [7, 11) is 1.88. The van der Waals surface area contributed by atoms with Crippen LogP contribution >= 0.6 is 0 Å². The summed E-state index contributed by atoms with van der Waals surface area (Å²) in [5.74, 6) is 0.711. The minimum Gasteiger partial charge on any atom is -0.345 e. The number of halogens is 1. The zero-order valence-electron chi connectivity index (χ0n) is 10.0. The minimum absolute atomic E-state index is 0.203. The van der Waals surface area contributed by atoms with Crippen LogP contribution in [0.1, 0.15) is 22.8 Å². The fraction of sp³-hybridized carbons (Fsp3) is 0.308. The second kappa shape index (κ2) is 5.10. The Labute approximate surface area is 100 Å². The Kier molecular flexibility index (Phi) is 3.54. The van der Waals surface area contributed by atoms with Crippen molar-refractivity contribution >= 4 is 0 Å². The van der Waals surface area contributed by atoms with Crippen molar-refractivity contribution in [1.29, 1.82) is 0 Å². The van der Waals surface area contributed by atoms with Gasteiger partial charge in [-0.15, -0.1) is 0 Å². The molecule has 0 bridgehead atoms. The van der Waals surface area contributed by atoms with E-state index in [1.807, 2.05) is 20.0 Å². The van der Waals surface area contributed by atoms with E-state index in [0.29, 0.717) is 13.0 Å². The van der Waals surface area contributed by atoms with Crippen LogP contribution < -0.4 is 5.32 Å². The molecule has 2 aromatic rings. The van der Waals surface area contributed by atoms with Crippen molar-refractivity contribution in [3.8, 4) is 0 Å². The van der Waals surface area contributed by atoms with Gasteiger partial charge in [-0.2, -0.15) is 0 Å². The Morgan fingerprint density at radius 2 is 2.24 bits per heavy atom. The molecule has 1 aromatic heterocycles. The molecule has 90 valence electrons. The lowest BCUT2D eigenvalue weighted by atomic mass is 10.1. The largest absolute Gasteiger partial charge is 0.345 e. The summed E-state index contributed by atoms with van der Waals surface area (Å²) in [4.78, 5) is 7.70. The molecular weight excluding hydrogens is 217 g/mol. The van der Waals surface area contributed by atoms with Gasteiger partial charge in [-0.3, -0.25) is 0 Å². The molecule has 0 atom stereocenters. The van der Waals surface area contributed by atoms with Crippen LogP contribution in [0, 0.1) is 12.7 Å². The molecule has 0 amide bonds. The lowest BCUT2D eigenvalue weighted by molar-refractivity contribution is 0.626. The van der Waals surface area contributed by atoms with E-state index < -0.39 is 0 Å². The van der Waals surface area contributed by atoms with Crippen LogP contribution in [-0.4, -0.2) is 17.0 Å². The Bertz CT molecular complexity index is 505. The van der Waals surface area contributed by atoms with Gasteiger partial charge in [0.25, 0.3) is 0 Å². The van der Waals surface area contributed by atoms with E-state index in [2.05, 4.69) is 15.3 Å². The van der Waals surface area contributed by atoms with Gasteiger partial charge in [0.2, 0.25) is 0 Å². The highest BCUT2D eigenvalue weighted by Crippen LogP contribution is 2.12. The quantitative estimate of drug-likeness (QED) is 0.849. The molecule has 0 unspecified atom stereocenters. The first-order valence-corrected chi connectivity index (χ1v) is 5.62. The van der Waals surface area contributed by atoms with E-state index in [9.17, 15) is 4.39 Å². The van der Waals surface area contributed by atoms with Gasteiger partial charge in [0.05, 0.1) is 12.2 Å². The Hall–Kier alpha value is -1.68. The van der Waals surface area contributed by atoms with Gasteiger partial charge in [-0.25, -0.2) is 9.37 Å². The SMILES string of the molecule is CNCc1nc(Cc2cccc(F)c2)c(C)[nH]1. The maximum Gasteiger partial charge on any atom is 0.123 e. The Balaban J connectivity index is 2.18. The number of aromatic amines is 1. The van der Waals surface area contributed by atoms with E-state index in [0.717, 1.165) is 22.8 Å². The smallest absolute Gasteiger partial charge is 0.123 e. The fourth-order valence-corrected chi connectivity index (χ4v) is 1.83. The average Bonchev–Trinajstić information content (AvgIpc) is 2.60. The zero-order chi connectivity index (χ0) is 12.3. The second-order valence-electron chi connectivity index (χ2n) is 4.09. The van der Waals surface area contributed by atoms with Crippen LogP contribution in [0.15, 0.2) is 24.3 Å². The van der Waals surface area contributed by atoms with Gasteiger partial charge < -0.3 is 10.3 Å². The van der Waals surface area contributed by atoms with Crippen LogP contribution in [0.3, 0.4) is 0 Å². The molecule has 0 saturated heterocycles. The topological polar surface area (TPSA) is 40.7 Å². The number of H-pyrrole nitrogens is 1. The standard InChI is InChI=1S/C13H16FN3/c1-9-12(17-13(16-9)8-15-2)7-10-4-3-5-11(14)6-10/h3-6,15H,7-8H2,1-2H3,(H,16,17). The molecule has 0 aliphatic heterocycles. The predicted molar refractivity (Wildman–Crippen MR) is 65.3 cm³/mol. The molecule has 0 aliphatic rings. The summed E-state index contributed by atoms with van der Waals surface area (Å²) in [6.45, 7) is 2.70. The number of rotatable bonds is 4. The number of imidazole rings is 1. The molecule has 0 aliphatic carbocycles. The summed E-state index contributed by atoms with van der Waals surface area (Å²) in [6.07, 6.45) is 0.657. The maximum atomic E-state index is 13.1. The molecule has 1 aromatic carbocycles. The van der Waals surface area contributed by atoms with E-state index in [-0.39, 0.29) is 5.82 Å². The lowest BCUT2D eigenvalue weighted by Crippen LogP contribution is -2.06. The number of aromatic nitrogens is 2. The highest BCUT2D eigenvalue weighted by atomic mass is 19.1. The predicted octanol–water partition coefficient (Wildman–Crippen LogP) is 2.17. The third kappa shape index (κ3) is 2.91. The molecule has 0 fully saturated rings. The van der Waals surface area contributed by atoms with Gasteiger partial charge in [0.1, 0.15) is 11.6 Å². The van der Waals surface area contributed by atoms with Gasteiger partial charge in [0, 0.05) is 12.1 Å². The van der Waals surface area contributed by atoms with E-state index in [1.54, 1.807) is 12.1 Å². The lowest BCUT2D eigenvalue weighted by Gasteiger charge is -1.99. The normalized spacial score (nSPS) is 10.8. The van der Waals surface area contributed by atoms with Crippen molar-refractivity contribution in [2.45, 2.75) is 19.9 Å². The number of hydrogen-bond donors (Lipinski definition) is 2. The van der Waals surface area contributed by atoms with Gasteiger partial charge in [0.15, 0.2) is 0 Å². The molecular formula is C13H16FN3. The first kappa shape index (κ1) is 11.8. The number of nitrogens with one attached hydrogen (secondary N) is 2. The maximum absolute atomic E-state index is 13.1. The zero-order valence-corrected chi connectivity index (χ0v) is 10.0. The third-order valence-corrected chi connectivity index (χ3v) is 2.64. The van der Waals surface area contributed by atoms with Gasteiger partial charge in [-0.1, -0.05) is 12.1 Å². The third-order valence-electron chi connectivity index (χ3n) is 2.64. The van der Waals surface area contributed by atoms with Crippen molar-refractivity contribution < 1.29 is 4.39 Å². The molecule has 4 heteroatoms. The summed E-state index contributed by atoms with van der Waals surface area (Å²) < 4.78 is 13.1. The van der Waals surface area contributed by atoms with Crippen LogP contribution in [0.5, 0.6) is 0 Å². The molecule has 2 rings (SSSR count). The number of hydrogen-bond acceptors (Lipinski definition) is 2. The Morgan fingerprint density at radius 3 is 2.94 bits per heavy atom. The molecule has 2 N–H and O–H groups in total. The molecule has 0 spiro atoms. The van der Waals surface area contributed by atoms with E-state index in [1.165, 1.54) is 6.07 Å². The molecule has 0 radical (unpaired) electrons. The summed E-state index contributed by atoms with van der Waals surface area (Å²) in [6, 6.07) is 6.63. The number of benzene rings is 1. The first-order chi connectivity index (χ1) is 8.19. The fourth-order valence-electron chi connectivity index (χ4n) is 1.83. The van der Waals surface area contributed by atoms with E-state index in [4.69, 9.17) is 0 Å². The van der Waals surface area contributed by atoms with Crippen LogP contribution in [0.25, 0.3) is 0 Å². The molecule has 1 heterocycles. The van der Waals surface area contributed by atoms with Crippen molar-refractivity contribution in [2.75, 3.05) is 7.05 Å². The second-order valence-corrected chi connectivity index (χ2v) is 4.09. The Morgan fingerprint density at radius 1 is 1.41 bits per heavy atom. The molecule has 3 nitrogen and oxygen atoms in total. The van der Waals surface area contributed by atoms with Crippen molar-refractivity contribution in [2.24, 2.45) is 0 Å². The summed E-state index contributed by atoms with van der Waals surface area (Å²) >= 11 is 0. The summed E-state index contributed by atoms with van der Waals surface area (Å²) in [5, 5.41) is 3.04.